The number of rotatable bonds is 6. The van der Waals surface area contributed by atoms with E-state index in [1.807, 2.05) is 67.6 Å². The number of amides is 1. The van der Waals surface area contributed by atoms with Gasteiger partial charge in [0.05, 0.1) is 6.54 Å². The Bertz CT molecular complexity index is 1260. The van der Waals surface area contributed by atoms with Crippen molar-refractivity contribution in [2.45, 2.75) is 26.8 Å². The van der Waals surface area contributed by atoms with Crippen molar-refractivity contribution in [2.75, 3.05) is 6.54 Å². The molecule has 0 saturated carbocycles. The van der Waals surface area contributed by atoms with Gasteiger partial charge in [-0.15, -0.1) is 0 Å². The summed E-state index contributed by atoms with van der Waals surface area (Å²) < 4.78 is 0. The normalized spacial score (nSPS) is 10.9. The van der Waals surface area contributed by atoms with Crippen LogP contribution in [0.15, 0.2) is 83.7 Å². The number of hydrogen-bond acceptors (Lipinski definition) is 2. The van der Waals surface area contributed by atoms with E-state index < -0.39 is 0 Å². The summed E-state index contributed by atoms with van der Waals surface area (Å²) >= 11 is 0. The van der Waals surface area contributed by atoms with E-state index in [1.54, 1.807) is 4.90 Å². The van der Waals surface area contributed by atoms with Gasteiger partial charge in [-0.2, -0.15) is 0 Å². The number of nitrogens with zero attached hydrogens (tertiary/aromatic N) is 1. The first kappa shape index (κ1) is 20.6. The van der Waals surface area contributed by atoms with Crippen molar-refractivity contribution < 1.29 is 4.79 Å². The summed E-state index contributed by atoms with van der Waals surface area (Å²) in [6, 6.07) is 25.3. The highest BCUT2D eigenvalue weighted by Crippen LogP contribution is 2.18. The number of nitrogens with one attached hydrogen (secondary N) is 1. The minimum absolute atomic E-state index is 0.0730. The molecule has 4 rings (SSSR count). The first-order valence-corrected chi connectivity index (χ1v) is 10.5. The lowest BCUT2D eigenvalue weighted by atomic mass is 10.0. The molecule has 3 aromatic carbocycles. The molecule has 0 saturated heterocycles. The Morgan fingerprint density at radius 1 is 0.871 bits per heavy atom. The average molecular weight is 411 g/mol. The monoisotopic (exact) mass is 410 g/mol. The van der Waals surface area contributed by atoms with Crippen LogP contribution in [-0.2, 0) is 13.0 Å². The minimum atomic E-state index is -0.152. The molecule has 1 aromatic heterocycles. The second-order valence-corrected chi connectivity index (χ2v) is 7.98. The number of benzene rings is 3. The number of fused-ring (bicyclic) bond motifs is 1. The zero-order chi connectivity index (χ0) is 21.8. The largest absolute Gasteiger partial charge is 0.334 e. The predicted octanol–water partition coefficient (Wildman–Crippen LogP) is 5.03. The maximum Gasteiger partial charge on any atom is 0.254 e. The number of H-pyrrole nitrogens is 1. The van der Waals surface area contributed by atoms with Gasteiger partial charge < -0.3 is 9.88 Å². The lowest BCUT2D eigenvalue weighted by Gasteiger charge is -2.23. The predicted molar refractivity (Wildman–Crippen MR) is 125 cm³/mol. The number of aromatic amines is 1. The third kappa shape index (κ3) is 4.75. The highest BCUT2D eigenvalue weighted by Gasteiger charge is 2.18. The zero-order valence-corrected chi connectivity index (χ0v) is 17.9. The Balaban J connectivity index is 1.66. The summed E-state index contributed by atoms with van der Waals surface area (Å²) in [4.78, 5) is 30.8. The van der Waals surface area contributed by atoms with Crippen LogP contribution in [0.4, 0.5) is 0 Å². The third-order valence-corrected chi connectivity index (χ3v) is 5.72. The molecule has 0 aliphatic heterocycles. The van der Waals surface area contributed by atoms with Gasteiger partial charge in [-0.05, 0) is 72.7 Å². The van der Waals surface area contributed by atoms with Gasteiger partial charge in [0.25, 0.3) is 11.5 Å². The molecular weight excluding hydrogens is 384 g/mol. The van der Waals surface area contributed by atoms with Crippen LogP contribution >= 0.6 is 0 Å². The van der Waals surface area contributed by atoms with Crippen LogP contribution < -0.4 is 5.56 Å². The molecule has 1 N–H and O–H groups in total. The molecule has 1 heterocycles. The van der Waals surface area contributed by atoms with Crippen LogP contribution in [0.3, 0.4) is 0 Å². The molecule has 0 bridgehead atoms. The SMILES string of the molecule is Cc1cc2cc(CN(CCc3ccccc3)C(=O)c3ccccc3)c(=O)[nH]c2cc1C. The van der Waals surface area contributed by atoms with E-state index in [1.165, 1.54) is 5.56 Å². The topological polar surface area (TPSA) is 53.2 Å². The molecule has 31 heavy (non-hydrogen) atoms. The minimum Gasteiger partial charge on any atom is -0.334 e. The van der Waals surface area contributed by atoms with E-state index in [9.17, 15) is 9.59 Å². The van der Waals surface area contributed by atoms with Crippen molar-refractivity contribution >= 4 is 16.8 Å². The van der Waals surface area contributed by atoms with E-state index in [4.69, 9.17) is 0 Å². The van der Waals surface area contributed by atoms with Crippen LogP contribution in [0.1, 0.15) is 32.6 Å². The van der Waals surface area contributed by atoms with Gasteiger partial charge in [-0.3, -0.25) is 9.59 Å². The van der Waals surface area contributed by atoms with Crippen molar-refractivity contribution in [3.8, 4) is 0 Å². The van der Waals surface area contributed by atoms with E-state index >= 15 is 0 Å². The standard InChI is InChI=1S/C27H26N2O2/c1-19-15-23-17-24(26(30)28-25(23)16-20(19)2)18-29(14-13-21-9-5-3-6-10-21)27(31)22-11-7-4-8-12-22/h3-12,15-17H,13-14,18H2,1-2H3,(H,28,30). The summed E-state index contributed by atoms with van der Waals surface area (Å²) in [7, 11) is 0. The Morgan fingerprint density at radius 2 is 1.52 bits per heavy atom. The van der Waals surface area contributed by atoms with E-state index in [0.29, 0.717) is 17.7 Å². The fraction of sp³-hybridized carbons (Fsp3) is 0.185. The fourth-order valence-electron chi connectivity index (χ4n) is 3.77. The fourth-order valence-corrected chi connectivity index (χ4v) is 3.77. The maximum absolute atomic E-state index is 13.3. The van der Waals surface area contributed by atoms with E-state index in [0.717, 1.165) is 28.5 Å². The van der Waals surface area contributed by atoms with Crippen molar-refractivity contribution in [1.82, 2.24) is 9.88 Å². The molecule has 0 atom stereocenters. The van der Waals surface area contributed by atoms with Gasteiger partial charge in [0.15, 0.2) is 0 Å². The molecule has 1 amide bonds. The molecule has 0 aliphatic carbocycles. The average Bonchev–Trinajstić information content (AvgIpc) is 2.79. The molecule has 0 unspecified atom stereocenters. The Morgan fingerprint density at radius 3 is 2.23 bits per heavy atom. The van der Waals surface area contributed by atoms with Gasteiger partial charge in [-0.25, -0.2) is 0 Å². The van der Waals surface area contributed by atoms with E-state index in [-0.39, 0.29) is 18.0 Å². The van der Waals surface area contributed by atoms with Crippen LogP contribution in [0, 0.1) is 13.8 Å². The molecule has 0 radical (unpaired) electrons. The second-order valence-electron chi connectivity index (χ2n) is 7.98. The molecule has 0 fully saturated rings. The van der Waals surface area contributed by atoms with Gasteiger partial charge >= 0.3 is 0 Å². The second kappa shape index (κ2) is 9.00. The van der Waals surface area contributed by atoms with E-state index in [2.05, 4.69) is 30.1 Å². The molecule has 156 valence electrons. The van der Waals surface area contributed by atoms with Gasteiger partial charge in [-0.1, -0.05) is 48.5 Å². The summed E-state index contributed by atoms with van der Waals surface area (Å²) in [6.07, 6.45) is 0.725. The number of carbonyl (C=O) groups excluding carboxylic acids is 1. The van der Waals surface area contributed by atoms with Crippen molar-refractivity contribution in [1.29, 1.82) is 0 Å². The molecule has 0 spiro atoms. The van der Waals surface area contributed by atoms with Crippen LogP contribution in [0.2, 0.25) is 0 Å². The summed E-state index contributed by atoms with van der Waals surface area (Å²) in [5, 5.41) is 0.980. The first-order chi connectivity index (χ1) is 15.0. The van der Waals surface area contributed by atoms with Crippen molar-refractivity contribution in [2.24, 2.45) is 0 Å². The number of aryl methyl sites for hydroxylation is 2. The van der Waals surface area contributed by atoms with Gasteiger partial charge in [0, 0.05) is 23.2 Å². The van der Waals surface area contributed by atoms with Crippen molar-refractivity contribution in [3.05, 3.63) is 117 Å². The van der Waals surface area contributed by atoms with Crippen LogP contribution in [0.5, 0.6) is 0 Å². The Kier molecular flexibility index (Phi) is 5.99. The number of pyridine rings is 1. The maximum atomic E-state index is 13.3. The Labute approximate surface area is 182 Å². The number of carbonyl (C=O) groups is 1. The van der Waals surface area contributed by atoms with Crippen molar-refractivity contribution in [3.63, 3.8) is 0 Å². The highest BCUT2D eigenvalue weighted by molar-refractivity contribution is 5.94. The zero-order valence-electron chi connectivity index (χ0n) is 17.9. The summed E-state index contributed by atoms with van der Waals surface area (Å²) in [5.41, 5.74) is 5.36. The third-order valence-electron chi connectivity index (χ3n) is 5.72. The first-order valence-electron chi connectivity index (χ1n) is 10.5. The van der Waals surface area contributed by atoms with Crippen LogP contribution in [-0.4, -0.2) is 22.3 Å². The summed E-state index contributed by atoms with van der Waals surface area (Å²) in [5.74, 6) is -0.0730. The highest BCUT2D eigenvalue weighted by atomic mass is 16.2. The molecule has 4 nitrogen and oxygen atoms in total. The lowest BCUT2D eigenvalue weighted by molar-refractivity contribution is 0.0744. The smallest absolute Gasteiger partial charge is 0.254 e. The van der Waals surface area contributed by atoms with Gasteiger partial charge in [0.1, 0.15) is 0 Å². The molecule has 4 aromatic rings. The lowest BCUT2D eigenvalue weighted by Crippen LogP contribution is -2.34. The van der Waals surface area contributed by atoms with Gasteiger partial charge in [0.2, 0.25) is 0 Å². The molecular formula is C27H26N2O2. The summed E-state index contributed by atoms with van der Waals surface area (Å²) in [6.45, 7) is 4.89. The molecule has 0 aliphatic rings. The van der Waals surface area contributed by atoms with Crippen LogP contribution in [0.25, 0.3) is 10.9 Å². The number of aromatic nitrogens is 1. The quantitative estimate of drug-likeness (QED) is 0.485. The number of hydrogen-bond donors (Lipinski definition) is 1. The Hall–Kier alpha value is -3.66. The molecule has 4 heteroatoms.